The van der Waals surface area contributed by atoms with Gasteiger partial charge in [-0.05, 0) is 12.8 Å². The van der Waals surface area contributed by atoms with Crippen LogP contribution in [0.2, 0.25) is 0 Å². The molecule has 0 spiro atoms. The average molecular weight is 268 g/mol. The van der Waals surface area contributed by atoms with Crippen LogP contribution in [0.1, 0.15) is 32.1 Å². The van der Waals surface area contributed by atoms with Crippen LogP contribution in [0.4, 0.5) is 0 Å². The second-order valence-electron chi connectivity index (χ2n) is 4.10. The molecule has 1 heterocycles. The van der Waals surface area contributed by atoms with E-state index >= 15 is 0 Å². The zero-order valence-corrected chi connectivity index (χ0v) is 10.5. The Morgan fingerprint density at radius 3 is 1.82 bits per heavy atom. The van der Waals surface area contributed by atoms with Gasteiger partial charge >= 0.3 is 0 Å². The van der Waals surface area contributed by atoms with Crippen molar-refractivity contribution in [3.05, 3.63) is 0 Å². The molecule has 1 aliphatic carbocycles. The summed E-state index contributed by atoms with van der Waals surface area (Å²) in [4.78, 5) is 0. The summed E-state index contributed by atoms with van der Waals surface area (Å²) in [5.41, 5.74) is 1.70. The van der Waals surface area contributed by atoms with E-state index in [1.807, 2.05) is 0 Å². The molecule has 1 aliphatic heterocycles. The van der Waals surface area contributed by atoms with Gasteiger partial charge in [0.2, 0.25) is 0 Å². The van der Waals surface area contributed by atoms with Gasteiger partial charge in [0.25, 0.3) is 0 Å². The van der Waals surface area contributed by atoms with Gasteiger partial charge in [-0.2, -0.15) is 0 Å². The number of hydrogen-bond donors (Lipinski definition) is 0. The first kappa shape index (κ1) is 14.8. The third kappa shape index (κ3) is 7.64. The molecule has 0 amide bonds. The molecule has 2 rings (SSSR count). The normalized spacial score (nSPS) is 21.9. The summed E-state index contributed by atoms with van der Waals surface area (Å²) < 4.78 is 41.9. The number of nitrogens with zero attached hydrogens (tertiary/aromatic N) is 1. The highest BCUT2D eigenvalue weighted by Gasteiger charge is 2.19. The van der Waals surface area contributed by atoms with Crippen molar-refractivity contribution in [1.82, 2.24) is 0 Å². The molecule has 0 aromatic carbocycles. The zero-order chi connectivity index (χ0) is 12.7. The van der Waals surface area contributed by atoms with Crippen molar-refractivity contribution in [2.45, 2.75) is 32.1 Å². The van der Waals surface area contributed by atoms with E-state index in [1.165, 1.54) is 32.1 Å². The molecular weight excluding hydrogens is 250 g/mol. The number of morpholine rings is 1. The predicted molar refractivity (Wildman–Crippen MR) is 48.9 cm³/mol. The van der Waals surface area contributed by atoms with Crippen molar-refractivity contribution in [2.24, 2.45) is 0 Å². The first-order valence-electron chi connectivity index (χ1n) is 5.76. The minimum absolute atomic E-state index is 0.934. The third-order valence-electron chi connectivity index (χ3n) is 2.89. The highest BCUT2D eigenvalue weighted by molar-refractivity contribution is 5.80. The van der Waals surface area contributed by atoms with Crippen LogP contribution >= 0.6 is 0 Å². The van der Waals surface area contributed by atoms with Crippen molar-refractivity contribution >= 4 is 5.71 Å². The smallest absolute Gasteiger partial charge is 0.166 e. The molecule has 2 aliphatic rings. The minimum Gasteiger partial charge on any atom is -0.368 e. The summed E-state index contributed by atoms with van der Waals surface area (Å²) in [6, 6.07) is 0. The first-order valence-corrected chi connectivity index (χ1v) is 6.99. The molecule has 0 unspecified atom stereocenters. The summed E-state index contributed by atoms with van der Waals surface area (Å²) in [5.74, 6) is 0. The van der Waals surface area contributed by atoms with Crippen LogP contribution in [0.15, 0.2) is 0 Å². The van der Waals surface area contributed by atoms with Gasteiger partial charge in [0.1, 0.15) is 13.2 Å². The Hall–Kier alpha value is -0.240. The Kier molecular flexibility index (Phi) is 6.32. The van der Waals surface area contributed by atoms with Crippen molar-refractivity contribution in [2.75, 3.05) is 26.3 Å². The average Bonchev–Trinajstić information content (AvgIpc) is 2.29. The molecular formula is C10H18ClNO5. The maximum atomic E-state index is 8.49. The lowest BCUT2D eigenvalue weighted by Crippen LogP contribution is -2.68. The van der Waals surface area contributed by atoms with Crippen LogP contribution < -0.4 is 18.6 Å². The van der Waals surface area contributed by atoms with Gasteiger partial charge in [-0.1, -0.05) is 6.42 Å². The minimum atomic E-state index is -4.94. The van der Waals surface area contributed by atoms with E-state index in [0.29, 0.717) is 0 Å². The van der Waals surface area contributed by atoms with E-state index in [9.17, 15) is 0 Å². The topological polar surface area (TPSA) is 104 Å². The fourth-order valence-corrected chi connectivity index (χ4v) is 2.16. The number of halogens is 1. The quantitative estimate of drug-likeness (QED) is 0.427. The molecule has 0 bridgehead atoms. The van der Waals surface area contributed by atoms with Crippen molar-refractivity contribution in [3.8, 4) is 0 Å². The van der Waals surface area contributed by atoms with Gasteiger partial charge in [0.15, 0.2) is 18.8 Å². The van der Waals surface area contributed by atoms with Crippen molar-refractivity contribution in [1.29, 1.82) is 0 Å². The standard InChI is InChI=1S/C10H18NO.ClHO4/c1-2-4-10(5-3-1)11-6-8-12-9-7-11;2-1(3,4)5/h1-9H2;(H,2,3,4,5)/q+1;/p-1. The molecule has 1 saturated carbocycles. The monoisotopic (exact) mass is 267 g/mol. The predicted octanol–water partition coefficient (Wildman–Crippen LogP) is -3.32. The van der Waals surface area contributed by atoms with E-state index in [0.717, 1.165) is 26.3 Å². The van der Waals surface area contributed by atoms with Crippen molar-refractivity contribution in [3.63, 3.8) is 0 Å². The molecule has 2 fully saturated rings. The van der Waals surface area contributed by atoms with E-state index < -0.39 is 10.2 Å². The fourth-order valence-electron chi connectivity index (χ4n) is 2.16. The molecule has 0 atom stereocenters. The summed E-state index contributed by atoms with van der Waals surface area (Å²) in [5, 5.41) is 0. The Morgan fingerprint density at radius 1 is 0.882 bits per heavy atom. The molecule has 0 radical (unpaired) electrons. The molecule has 7 heteroatoms. The molecule has 1 saturated heterocycles. The summed E-state index contributed by atoms with van der Waals surface area (Å²) >= 11 is 0. The summed E-state index contributed by atoms with van der Waals surface area (Å²) in [7, 11) is -4.94. The fraction of sp³-hybridized carbons (Fsp3) is 0.900. The lowest BCUT2D eigenvalue weighted by Gasteiger charge is -2.17. The second-order valence-corrected chi connectivity index (χ2v) is 4.86. The number of rotatable bonds is 0. The van der Waals surface area contributed by atoms with Crippen molar-refractivity contribution < 1.29 is 38.2 Å². The second kappa shape index (κ2) is 7.25. The highest BCUT2D eigenvalue weighted by Crippen LogP contribution is 2.15. The summed E-state index contributed by atoms with van der Waals surface area (Å²) in [6.45, 7) is 4.14. The molecule has 100 valence electrons. The lowest BCUT2D eigenvalue weighted by atomic mass is 9.98. The Balaban J connectivity index is 0.000000249. The largest absolute Gasteiger partial charge is 0.368 e. The first-order chi connectivity index (χ1) is 7.97. The maximum Gasteiger partial charge on any atom is 0.166 e. The molecule has 6 nitrogen and oxygen atoms in total. The highest BCUT2D eigenvalue weighted by atomic mass is 35.7. The molecule has 0 aromatic heterocycles. The third-order valence-corrected chi connectivity index (χ3v) is 2.89. The van der Waals surface area contributed by atoms with E-state index in [4.69, 9.17) is 23.4 Å². The zero-order valence-electron chi connectivity index (χ0n) is 9.73. The van der Waals surface area contributed by atoms with Crippen LogP contribution in [0, 0.1) is 10.2 Å². The van der Waals surface area contributed by atoms with Gasteiger partial charge < -0.3 is 4.74 Å². The van der Waals surface area contributed by atoms with Crippen LogP contribution in [0.25, 0.3) is 0 Å². The molecule has 0 aromatic rings. The SMILES string of the molecule is C1CCC(=[N+]2CCOCC2)CC1.[O-][Cl+3]([O-])([O-])[O-]. The van der Waals surface area contributed by atoms with E-state index in [-0.39, 0.29) is 0 Å². The van der Waals surface area contributed by atoms with Crippen LogP contribution in [0.5, 0.6) is 0 Å². The Morgan fingerprint density at radius 2 is 1.35 bits per heavy atom. The van der Waals surface area contributed by atoms with E-state index in [1.54, 1.807) is 5.71 Å². The van der Waals surface area contributed by atoms with Gasteiger partial charge in [-0.25, -0.2) is 23.2 Å². The lowest BCUT2D eigenvalue weighted by molar-refractivity contribution is -2.00. The van der Waals surface area contributed by atoms with Gasteiger partial charge in [-0.3, -0.25) is 0 Å². The van der Waals surface area contributed by atoms with Crippen LogP contribution in [-0.4, -0.2) is 36.6 Å². The number of hydrogen-bond acceptors (Lipinski definition) is 5. The van der Waals surface area contributed by atoms with E-state index in [2.05, 4.69) is 4.58 Å². The Bertz CT molecular complexity index is 222. The van der Waals surface area contributed by atoms with Gasteiger partial charge in [0.05, 0.1) is 0 Å². The van der Waals surface area contributed by atoms with Gasteiger partial charge in [0, 0.05) is 12.8 Å². The molecule has 0 N–H and O–H groups in total. The number of ether oxygens (including phenoxy) is 1. The Labute approximate surface area is 103 Å². The van der Waals surface area contributed by atoms with Crippen LogP contribution in [-0.2, 0) is 4.74 Å². The van der Waals surface area contributed by atoms with Crippen LogP contribution in [0.3, 0.4) is 0 Å². The van der Waals surface area contributed by atoms with Gasteiger partial charge in [-0.15, -0.1) is 10.2 Å². The maximum absolute atomic E-state index is 8.49. The summed E-state index contributed by atoms with van der Waals surface area (Å²) in [6.07, 6.45) is 6.95. The molecule has 17 heavy (non-hydrogen) atoms.